The van der Waals surface area contributed by atoms with Gasteiger partial charge in [0.25, 0.3) is 0 Å². The first-order valence-corrected chi connectivity index (χ1v) is 9.74. The van der Waals surface area contributed by atoms with E-state index in [-0.39, 0.29) is 23.3 Å². The highest BCUT2D eigenvalue weighted by molar-refractivity contribution is 7.91. The van der Waals surface area contributed by atoms with Gasteiger partial charge in [-0.25, -0.2) is 8.42 Å². The van der Waals surface area contributed by atoms with Crippen molar-refractivity contribution in [1.29, 1.82) is 0 Å². The lowest BCUT2D eigenvalue weighted by Crippen LogP contribution is -2.53. The van der Waals surface area contributed by atoms with Gasteiger partial charge in [0.1, 0.15) is 0 Å². The molecule has 3 fully saturated rings. The zero-order chi connectivity index (χ0) is 14.9. The van der Waals surface area contributed by atoms with Crippen LogP contribution < -0.4 is 11.3 Å². The molecular weight excluding hydrogens is 292 g/mol. The molecule has 1 spiro atoms. The van der Waals surface area contributed by atoms with Crippen LogP contribution >= 0.6 is 0 Å². The summed E-state index contributed by atoms with van der Waals surface area (Å²) in [6.45, 7) is 2.25. The van der Waals surface area contributed by atoms with Crippen molar-refractivity contribution in [3.8, 4) is 0 Å². The van der Waals surface area contributed by atoms with Gasteiger partial charge in [0.15, 0.2) is 9.84 Å². The second-order valence-electron chi connectivity index (χ2n) is 6.75. The molecule has 0 aromatic carbocycles. The number of nitrogens with two attached hydrogens (primary N) is 1. The van der Waals surface area contributed by atoms with E-state index in [1.807, 2.05) is 0 Å². The van der Waals surface area contributed by atoms with E-state index in [0.717, 1.165) is 51.9 Å². The highest BCUT2D eigenvalue weighted by Gasteiger charge is 2.44. The van der Waals surface area contributed by atoms with Crippen molar-refractivity contribution in [1.82, 2.24) is 5.43 Å². The normalized spacial score (nSPS) is 36.6. The molecule has 3 N–H and O–H groups in total. The lowest BCUT2D eigenvalue weighted by molar-refractivity contribution is -0.151. The van der Waals surface area contributed by atoms with Gasteiger partial charge in [0.2, 0.25) is 0 Å². The van der Waals surface area contributed by atoms with Crippen molar-refractivity contribution in [2.75, 3.05) is 31.3 Å². The van der Waals surface area contributed by atoms with Crippen LogP contribution in [0.5, 0.6) is 0 Å². The molecule has 3 aliphatic rings. The van der Waals surface area contributed by atoms with E-state index in [4.69, 9.17) is 15.3 Å². The van der Waals surface area contributed by atoms with Crippen molar-refractivity contribution in [3.63, 3.8) is 0 Å². The Labute approximate surface area is 126 Å². The number of sulfone groups is 1. The van der Waals surface area contributed by atoms with Crippen LogP contribution in [-0.2, 0) is 19.3 Å². The maximum Gasteiger partial charge on any atom is 0.150 e. The molecule has 3 heterocycles. The third-order valence-electron chi connectivity index (χ3n) is 5.41. The van der Waals surface area contributed by atoms with E-state index in [1.165, 1.54) is 0 Å². The third kappa shape index (κ3) is 3.42. The van der Waals surface area contributed by atoms with E-state index in [2.05, 4.69) is 5.43 Å². The van der Waals surface area contributed by atoms with Gasteiger partial charge in [-0.05, 0) is 43.9 Å². The molecule has 3 rings (SSSR count). The van der Waals surface area contributed by atoms with Crippen LogP contribution in [0.2, 0.25) is 0 Å². The Balaban J connectivity index is 1.69. The summed E-state index contributed by atoms with van der Waals surface area (Å²) in [7, 11) is -2.87. The molecule has 3 aliphatic heterocycles. The molecular formula is C14H26N2O4S. The second kappa shape index (κ2) is 6.12. The van der Waals surface area contributed by atoms with Crippen LogP contribution in [0.25, 0.3) is 0 Å². The van der Waals surface area contributed by atoms with Gasteiger partial charge in [-0.15, -0.1) is 0 Å². The van der Waals surface area contributed by atoms with E-state index in [0.29, 0.717) is 11.7 Å². The van der Waals surface area contributed by atoms with Crippen LogP contribution in [0.15, 0.2) is 0 Å². The summed E-state index contributed by atoms with van der Waals surface area (Å²) in [6.07, 6.45) is 4.51. The predicted molar refractivity (Wildman–Crippen MR) is 79.3 cm³/mol. The molecule has 6 nitrogen and oxygen atoms in total. The summed E-state index contributed by atoms with van der Waals surface area (Å²) in [5, 5.41) is 0. The molecule has 0 aliphatic carbocycles. The van der Waals surface area contributed by atoms with E-state index in [1.54, 1.807) is 0 Å². The fourth-order valence-corrected chi connectivity index (χ4v) is 6.08. The number of ether oxygens (including phenoxy) is 2. The standard InChI is InChI=1S/C14H26N2O4S/c15-16-13(12-2-8-21(17,18)10-12)11-1-5-20-14(9-11)3-6-19-7-4-14/h11-13,16H,1-10,15H2. The minimum Gasteiger partial charge on any atom is -0.381 e. The van der Waals surface area contributed by atoms with Gasteiger partial charge in [-0.2, -0.15) is 0 Å². The minimum absolute atomic E-state index is 0.0749. The van der Waals surface area contributed by atoms with E-state index >= 15 is 0 Å². The van der Waals surface area contributed by atoms with Crippen molar-refractivity contribution >= 4 is 9.84 Å². The minimum atomic E-state index is -2.87. The Kier molecular flexibility index (Phi) is 4.57. The first-order valence-electron chi connectivity index (χ1n) is 7.92. The highest BCUT2D eigenvalue weighted by atomic mass is 32.2. The first kappa shape index (κ1) is 15.7. The fourth-order valence-electron chi connectivity index (χ4n) is 4.23. The molecule has 21 heavy (non-hydrogen) atoms. The van der Waals surface area contributed by atoms with Gasteiger partial charge in [-0.3, -0.25) is 11.3 Å². The molecule has 0 aromatic heterocycles. The van der Waals surface area contributed by atoms with Gasteiger partial charge in [-0.1, -0.05) is 0 Å². The van der Waals surface area contributed by atoms with Crippen molar-refractivity contribution < 1.29 is 17.9 Å². The Morgan fingerprint density at radius 1 is 1.14 bits per heavy atom. The third-order valence-corrected chi connectivity index (χ3v) is 7.20. The molecule has 0 radical (unpaired) electrons. The molecule has 7 heteroatoms. The molecule has 0 saturated carbocycles. The molecule has 122 valence electrons. The monoisotopic (exact) mass is 318 g/mol. The van der Waals surface area contributed by atoms with Crippen molar-refractivity contribution in [2.24, 2.45) is 17.7 Å². The Hall–Kier alpha value is -0.210. The van der Waals surface area contributed by atoms with Crippen molar-refractivity contribution in [2.45, 2.75) is 43.7 Å². The quantitative estimate of drug-likeness (QED) is 0.572. The molecule has 3 atom stereocenters. The Morgan fingerprint density at radius 2 is 1.90 bits per heavy atom. The van der Waals surface area contributed by atoms with Crippen molar-refractivity contribution in [3.05, 3.63) is 0 Å². The van der Waals surface area contributed by atoms with Gasteiger partial charge in [0.05, 0.1) is 17.1 Å². The summed E-state index contributed by atoms with van der Waals surface area (Å²) in [5.74, 6) is 6.88. The zero-order valence-corrected chi connectivity index (χ0v) is 13.2. The van der Waals surface area contributed by atoms with Crippen LogP contribution in [0.1, 0.15) is 32.1 Å². The smallest absolute Gasteiger partial charge is 0.150 e. The van der Waals surface area contributed by atoms with Crippen LogP contribution in [0.4, 0.5) is 0 Å². The summed E-state index contributed by atoms with van der Waals surface area (Å²) < 4.78 is 35.0. The first-order chi connectivity index (χ1) is 10.0. The maximum atomic E-state index is 11.7. The lowest BCUT2D eigenvalue weighted by Gasteiger charge is -2.46. The largest absolute Gasteiger partial charge is 0.381 e. The number of hydrogen-bond acceptors (Lipinski definition) is 6. The van der Waals surface area contributed by atoms with E-state index < -0.39 is 9.84 Å². The highest BCUT2D eigenvalue weighted by Crippen LogP contribution is 2.40. The number of hydrogen-bond donors (Lipinski definition) is 2. The molecule has 0 bridgehead atoms. The summed E-state index contributed by atoms with van der Waals surface area (Å²) in [4.78, 5) is 0. The number of hydrazine groups is 1. The molecule has 3 saturated heterocycles. The molecule has 0 aromatic rings. The van der Waals surface area contributed by atoms with Crippen LogP contribution in [0, 0.1) is 11.8 Å². The fraction of sp³-hybridized carbons (Fsp3) is 1.00. The van der Waals surface area contributed by atoms with Crippen LogP contribution in [0.3, 0.4) is 0 Å². The van der Waals surface area contributed by atoms with Gasteiger partial charge < -0.3 is 9.47 Å². The maximum absolute atomic E-state index is 11.7. The SMILES string of the molecule is NNC(C1CCOC2(CCOCC2)C1)C1CCS(=O)(=O)C1. The zero-order valence-electron chi connectivity index (χ0n) is 12.4. The average molecular weight is 318 g/mol. The molecule has 3 unspecified atom stereocenters. The van der Waals surface area contributed by atoms with Crippen LogP contribution in [-0.4, -0.2) is 51.4 Å². The van der Waals surface area contributed by atoms with E-state index in [9.17, 15) is 8.42 Å². The number of nitrogens with one attached hydrogen (secondary N) is 1. The lowest BCUT2D eigenvalue weighted by atomic mass is 9.75. The summed E-state index contributed by atoms with van der Waals surface area (Å²) in [6, 6.07) is 0.0749. The summed E-state index contributed by atoms with van der Waals surface area (Å²) in [5.41, 5.74) is 2.85. The van der Waals surface area contributed by atoms with Gasteiger partial charge >= 0.3 is 0 Å². The predicted octanol–water partition coefficient (Wildman–Crippen LogP) is 0.229. The van der Waals surface area contributed by atoms with Gasteiger partial charge in [0, 0.05) is 25.9 Å². The Bertz CT molecular complexity index is 456. The summed E-state index contributed by atoms with van der Waals surface area (Å²) >= 11 is 0. The second-order valence-corrected chi connectivity index (χ2v) is 8.98. The molecule has 0 amide bonds. The average Bonchev–Trinajstić information content (AvgIpc) is 2.81. The number of rotatable bonds is 3. The topological polar surface area (TPSA) is 90.7 Å². The Morgan fingerprint density at radius 3 is 2.52 bits per heavy atom.